The average molecular weight is 405 g/mol. The molecule has 2 atom stereocenters. The Balaban J connectivity index is 1.72. The van der Waals surface area contributed by atoms with Crippen LogP contribution in [0.25, 0.3) is 10.9 Å². The van der Waals surface area contributed by atoms with Gasteiger partial charge in [-0.1, -0.05) is 44.2 Å². The van der Waals surface area contributed by atoms with E-state index < -0.39 is 0 Å². The van der Waals surface area contributed by atoms with Crippen molar-refractivity contribution >= 4 is 16.7 Å². The number of Topliss-reactive ketones (excluding diaryl/α,β-unsaturated/α-hetero) is 1. The lowest BCUT2D eigenvalue weighted by Gasteiger charge is -2.34. The predicted octanol–water partition coefficient (Wildman–Crippen LogP) is 5.17. The van der Waals surface area contributed by atoms with E-state index in [-0.39, 0.29) is 5.78 Å². The van der Waals surface area contributed by atoms with Gasteiger partial charge in [0.1, 0.15) is 5.75 Å². The summed E-state index contributed by atoms with van der Waals surface area (Å²) in [6.07, 6.45) is 1.25. The highest BCUT2D eigenvalue weighted by Crippen LogP contribution is 2.31. The van der Waals surface area contributed by atoms with Gasteiger partial charge in [0.2, 0.25) is 0 Å². The number of piperidine rings is 1. The molecule has 4 rings (SSSR count). The second-order valence-electron chi connectivity index (χ2n) is 8.98. The fourth-order valence-electron chi connectivity index (χ4n) is 5.11. The maximum absolute atomic E-state index is 13.5. The lowest BCUT2D eigenvalue weighted by molar-refractivity contribution is 0.0850. The van der Waals surface area contributed by atoms with Crippen LogP contribution in [0, 0.1) is 18.8 Å². The van der Waals surface area contributed by atoms with Gasteiger partial charge in [-0.15, -0.1) is 0 Å². The fourth-order valence-corrected chi connectivity index (χ4v) is 5.11. The summed E-state index contributed by atoms with van der Waals surface area (Å²) in [6, 6.07) is 16.5. The number of ketones is 1. The quantitative estimate of drug-likeness (QED) is 0.532. The molecule has 2 heterocycles. The number of likely N-dealkylation sites (tertiary alicyclic amines) is 1. The summed E-state index contributed by atoms with van der Waals surface area (Å²) in [6.45, 7) is 9.88. The lowest BCUT2D eigenvalue weighted by atomic mass is 9.91. The summed E-state index contributed by atoms with van der Waals surface area (Å²) in [5, 5.41) is 0.992. The molecule has 4 nitrogen and oxygen atoms in total. The molecule has 0 spiro atoms. The van der Waals surface area contributed by atoms with Gasteiger partial charge in [0.05, 0.1) is 13.7 Å². The number of carbonyl (C=O) groups excluding carboxylic acids is 1. The predicted molar refractivity (Wildman–Crippen MR) is 122 cm³/mol. The van der Waals surface area contributed by atoms with E-state index in [4.69, 9.17) is 4.74 Å². The summed E-state index contributed by atoms with van der Waals surface area (Å²) in [5.74, 6) is 2.27. The Kier molecular flexibility index (Phi) is 5.96. The second kappa shape index (κ2) is 8.65. The fraction of sp³-hybridized carbons (Fsp3) is 0.423. The highest BCUT2D eigenvalue weighted by atomic mass is 16.5. The van der Waals surface area contributed by atoms with Crippen LogP contribution in [-0.4, -0.2) is 42.0 Å². The van der Waals surface area contributed by atoms with Crippen molar-refractivity contribution in [3.63, 3.8) is 0 Å². The van der Waals surface area contributed by atoms with Gasteiger partial charge in [0.15, 0.2) is 5.78 Å². The molecule has 1 aliphatic rings. The minimum atomic E-state index is 0.207. The van der Waals surface area contributed by atoms with E-state index in [1.165, 1.54) is 12.0 Å². The minimum absolute atomic E-state index is 0.207. The standard InChI is InChI=1S/C26H32N2O2/c1-18-12-19(2)15-27(14-18)17-25(29)26-20(3)28(16-21-8-6-5-7-9-21)24-11-10-22(30-4)13-23(24)26/h5-11,13,18-19H,12,14-17H2,1-4H3/t18-,19-/m0/s1. The SMILES string of the molecule is COc1ccc2c(c1)c(C(=O)CN1C[C@@H](C)C[C@H](C)C1)c(C)n2Cc1ccccc1. The van der Waals surface area contributed by atoms with Crippen molar-refractivity contribution in [1.82, 2.24) is 9.47 Å². The summed E-state index contributed by atoms with van der Waals surface area (Å²) < 4.78 is 7.73. The third-order valence-electron chi connectivity index (χ3n) is 6.30. The number of hydrogen-bond acceptors (Lipinski definition) is 3. The van der Waals surface area contributed by atoms with E-state index in [2.05, 4.69) is 60.6 Å². The summed E-state index contributed by atoms with van der Waals surface area (Å²) in [4.78, 5) is 15.9. The van der Waals surface area contributed by atoms with Crippen LogP contribution in [0.3, 0.4) is 0 Å². The normalized spacial score (nSPS) is 19.9. The van der Waals surface area contributed by atoms with Crippen LogP contribution in [0.2, 0.25) is 0 Å². The van der Waals surface area contributed by atoms with Crippen LogP contribution in [0.5, 0.6) is 5.75 Å². The van der Waals surface area contributed by atoms with Crippen molar-refractivity contribution in [3.8, 4) is 5.75 Å². The molecule has 2 aromatic carbocycles. The maximum atomic E-state index is 13.5. The summed E-state index contributed by atoms with van der Waals surface area (Å²) >= 11 is 0. The second-order valence-corrected chi connectivity index (χ2v) is 8.98. The summed E-state index contributed by atoms with van der Waals surface area (Å²) in [5.41, 5.74) is 4.18. The molecule has 1 aromatic heterocycles. The molecule has 3 aromatic rings. The topological polar surface area (TPSA) is 34.5 Å². The molecule has 30 heavy (non-hydrogen) atoms. The number of hydrogen-bond donors (Lipinski definition) is 0. The molecule has 0 N–H and O–H groups in total. The van der Waals surface area contributed by atoms with E-state index in [0.29, 0.717) is 18.4 Å². The number of aromatic nitrogens is 1. The van der Waals surface area contributed by atoms with Crippen LogP contribution < -0.4 is 4.74 Å². The number of ether oxygens (including phenoxy) is 1. The van der Waals surface area contributed by atoms with Crippen molar-refractivity contribution in [1.29, 1.82) is 0 Å². The number of methoxy groups -OCH3 is 1. The van der Waals surface area contributed by atoms with E-state index in [1.54, 1.807) is 7.11 Å². The van der Waals surface area contributed by atoms with Gasteiger partial charge in [-0.2, -0.15) is 0 Å². The molecule has 0 amide bonds. The molecule has 0 saturated carbocycles. The van der Waals surface area contributed by atoms with Crippen LogP contribution in [0.4, 0.5) is 0 Å². The van der Waals surface area contributed by atoms with Crippen LogP contribution in [0.15, 0.2) is 48.5 Å². The smallest absolute Gasteiger partial charge is 0.179 e. The zero-order valence-electron chi connectivity index (χ0n) is 18.5. The highest BCUT2D eigenvalue weighted by molar-refractivity contribution is 6.10. The van der Waals surface area contributed by atoms with Gasteiger partial charge >= 0.3 is 0 Å². The average Bonchev–Trinajstić information content (AvgIpc) is 2.98. The zero-order chi connectivity index (χ0) is 21.3. The first-order valence-electron chi connectivity index (χ1n) is 10.9. The molecule has 0 aliphatic carbocycles. The van der Waals surface area contributed by atoms with Crippen molar-refractivity contribution in [3.05, 3.63) is 65.4 Å². The Morgan fingerprint density at radius 2 is 1.77 bits per heavy atom. The number of carbonyl (C=O) groups is 1. The van der Waals surface area contributed by atoms with Crippen molar-refractivity contribution in [2.75, 3.05) is 26.7 Å². The molecular weight excluding hydrogens is 372 g/mol. The Hall–Kier alpha value is -2.59. The van der Waals surface area contributed by atoms with Gasteiger partial charge in [0, 0.05) is 41.8 Å². The third-order valence-corrected chi connectivity index (χ3v) is 6.30. The Labute approximate surface area is 179 Å². The van der Waals surface area contributed by atoms with Crippen LogP contribution in [0.1, 0.15) is 41.9 Å². The van der Waals surface area contributed by atoms with E-state index in [0.717, 1.165) is 47.5 Å². The molecule has 0 radical (unpaired) electrons. The van der Waals surface area contributed by atoms with E-state index >= 15 is 0 Å². The third kappa shape index (κ3) is 4.15. The Morgan fingerprint density at radius 3 is 2.43 bits per heavy atom. The number of fused-ring (bicyclic) bond motifs is 1. The van der Waals surface area contributed by atoms with Crippen molar-refractivity contribution in [2.24, 2.45) is 11.8 Å². The molecule has 4 heteroatoms. The molecule has 0 unspecified atom stereocenters. The molecule has 1 saturated heterocycles. The van der Waals surface area contributed by atoms with Gasteiger partial charge in [0.25, 0.3) is 0 Å². The van der Waals surface area contributed by atoms with Crippen LogP contribution >= 0.6 is 0 Å². The minimum Gasteiger partial charge on any atom is -0.497 e. The molecule has 0 bridgehead atoms. The monoisotopic (exact) mass is 404 g/mol. The molecular formula is C26H32N2O2. The molecule has 1 aliphatic heterocycles. The molecule has 1 fully saturated rings. The van der Waals surface area contributed by atoms with Gasteiger partial charge in [-0.3, -0.25) is 9.69 Å². The first kappa shape index (κ1) is 20.7. The largest absolute Gasteiger partial charge is 0.497 e. The van der Waals surface area contributed by atoms with E-state index in [1.807, 2.05) is 18.2 Å². The zero-order valence-corrected chi connectivity index (χ0v) is 18.5. The van der Waals surface area contributed by atoms with Gasteiger partial charge in [-0.05, 0) is 48.9 Å². The van der Waals surface area contributed by atoms with Crippen molar-refractivity contribution in [2.45, 2.75) is 33.7 Å². The van der Waals surface area contributed by atoms with Gasteiger partial charge in [-0.25, -0.2) is 0 Å². The number of nitrogens with zero attached hydrogens (tertiary/aromatic N) is 2. The Morgan fingerprint density at radius 1 is 1.07 bits per heavy atom. The first-order valence-corrected chi connectivity index (χ1v) is 10.9. The maximum Gasteiger partial charge on any atom is 0.179 e. The number of benzene rings is 2. The van der Waals surface area contributed by atoms with Gasteiger partial charge < -0.3 is 9.30 Å². The highest BCUT2D eigenvalue weighted by Gasteiger charge is 2.26. The summed E-state index contributed by atoms with van der Waals surface area (Å²) in [7, 11) is 1.67. The molecule has 158 valence electrons. The van der Waals surface area contributed by atoms with Crippen LogP contribution in [-0.2, 0) is 6.54 Å². The Bertz CT molecular complexity index is 1030. The van der Waals surface area contributed by atoms with E-state index in [9.17, 15) is 4.79 Å². The first-order chi connectivity index (χ1) is 14.5. The number of rotatable bonds is 6. The van der Waals surface area contributed by atoms with Crippen molar-refractivity contribution < 1.29 is 9.53 Å². The lowest BCUT2D eigenvalue weighted by Crippen LogP contribution is -2.41.